The van der Waals surface area contributed by atoms with Gasteiger partial charge in [0.15, 0.2) is 5.69 Å². The number of rotatable bonds is 1. The van der Waals surface area contributed by atoms with Crippen molar-refractivity contribution in [2.45, 2.75) is 6.92 Å². The van der Waals surface area contributed by atoms with Gasteiger partial charge in [-0.25, -0.2) is 0 Å². The minimum Gasteiger partial charge on any atom is -0.191 e. The van der Waals surface area contributed by atoms with Gasteiger partial charge in [-0.3, -0.25) is 0 Å². The Bertz CT molecular complexity index is 539. The molecule has 0 bridgehead atoms. The van der Waals surface area contributed by atoms with Crippen LogP contribution < -0.4 is 0 Å². The lowest BCUT2D eigenvalue weighted by molar-refractivity contribution is 0.744. The van der Waals surface area contributed by atoms with E-state index in [-0.39, 0.29) is 0 Å². The van der Waals surface area contributed by atoms with Crippen LogP contribution in [0.5, 0.6) is 0 Å². The summed E-state index contributed by atoms with van der Waals surface area (Å²) < 4.78 is 0. The molecular formula is C10H7ClN4. The third-order valence-corrected chi connectivity index (χ3v) is 2.16. The van der Waals surface area contributed by atoms with E-state index in [4.69, 9.17) is 16.9 Å². The highest BCUT2D eigenvalue weighted by Crippen LogP contribution is 2.13. The van der Waals surface area contributed by atoms with Gasteiger partial charge < -0.3 is 0 Å². The van der Waals surface area contributed by atoms with Gasteiger partial charge in [0.05, 0.1) is 11.4 Å². The van der Waals surface area contributed by atoms with Crippen LogP contribution in [0.1, 0.15) is 11.4 Å². The number of hydrogen-bond donors (Lipinski definition) is 0. The van der Waals surface area contributed by atoms with Gasteiger partial charge >= 0.3 is 0 Å². The Morgan fingerprint density at radius 3 is 2.80 bits per heavy atom. The maximum absolute atomic E-state index is 8.74. The summed E-state index contributed by atoms with van der Waals surface area (Å²) >= 11 is 5.84. The zero-order valence-electron chi connectivity index (χ0n) is 7.98. The molecule has 0 aliphatic heterocycles. The second-order valence-electron chi connectivity index (χ2n) is 3.02. The molecule has 2 rings (SSSR count). The standard InChI is InChI=1S/C10H7ClN4/c1-7-10(6-12)14-15(13-7)9-4-2-3-8(11)5-9/h2-5H,1H3. The Morgan fingerprint density at radius 2 is 2.20 bits per heavy atom. The minimum atomic E-state index is 0.329. The molecule has 1 heterocycles. The molecule has 0 saturated heterocycles. The quantitative estimate of drug-likeness (QED) is 0.737. The van der Waals surface area contributed by atoms with E-state index < -0.39 is 0 Å². The van der Waals surface area contributed by atoms with Crippen molar-refractivity contribution in [2.24, 2.45) is 0 Å². The normalized spacial score (nSPS) is 9.93. The number of aryl methyl sites for hydroxylation is 1. The van der Waals surface area contributed by atoms with Gasteiger partial charge in [0.25, 0.3) is 0 Å². The van der Waals surface area contributed by atoms with Crippen molar-refractivity contribution in [1.29, 1.82) is 5.26 Å². The largest absolute Gasteiger partial charge is 0.191 e. The molecule has 0 spiro atoms. The van der Waals surface area contributed by atoms with Crippen LogP contribution >= 0.6 is 11.6 Å². The molecule has 0 fully saturated rings. The monoisotopic (exact) mass is 218 g/mol. The van der Waals surface area contributed by atoms with Gasteiger partial charge in [0.2, 0.25) is 0 Å². The van der Waals surface area contributed by atoms with Crippen molar-refractivity contribution < 1.29 is 0 Å². The predicted octanol–water partition coefficient (Wildman–Crippen LogP) is 2.10. The molecule has 0 unspecified atom stereocenters. The maximum Gasteiger partial charge on any atom is 0.186 e. The molecule has 15 heavy (non-hydrogen) atoms. The average Bonchev–Trinajstić information content (AvgIpc) is 2.60. The summed E-state index contributed by atoms with van der Waals surface area (Å²) in [7, 11) is 0. The van der Waals surface area contributed by atoms with E-state index in [1.54, 1.807) is 19.1 Å². The zero-order valence-corrected chi connectivity index (χ0v) is 8.73. The van der Waals surface area contributed by atoms with E-state index >= 15 is 0 Å². The first-order valence-electron chi connectivity index (χ1n) is 4.30. The van der Waals surface area contributed by atoms with Gasteiger partial charge in [-0.05, 0) is 25.1 Å². The smallest absolute Gasteiger partial charge is 0.186 e. The van der Waals surface area contributed by atoms with Gasteiger partial charge in [0, 0.05) is 5.02 Å². The molecular weight excluding hydrogens is 212 g/mol. The van der Waals surface area contributed by atoms with Crippen LogP contribution in [0.4, 0.5) is 0 Å². The molecule has 0 amide bonds. The van der Waals surface area contributed by atoms with Gasteiger partial charge in [-0.2, -0.15) is 10.4 Å². The predicted molar refractivity (Wildman–Crippen MR) is 55.8 cm³/mol. The highest BCUT2D eigenvalue weighted by Gasteiger charge is 2.07. The molecule has 74 valence electrons. The van der Waals surface area contributed by atoms with E-state index in [1.807, 2.05) is 18.2 Å². The van der Waals surface area contributed by atoms with Gasteiger partial charge in [-0.1, -0.05) is 17.7 Å². The van der Waals surface area contributed by atoms with E-state index in [1.165, 1.54) is 4.80 Å². The lowest BCUT2D eigenvalue weighted by atomic mass is 10.3. The minimum absolute atomic E-state index is 0.329. The van der Waals surface area contributed by atoms with E-state index in [0.29, 0.717) is 16.4 Å². The van der Waals surface area contributed by atoms with Crippen LogP contribution in [0, 0.1) is 18.3 Å². The average molecular weight is 219 g/mol. The lowest BCUT2D eigenvalue weighted by Crippen LogP contribution is -1.98. The van der Waals surface area contributed by atoms with E-state index in [9.17, 15) is 0 Å². The number of hydrogen-bond acceptors (Lipinski definition) is 3. The fraction of sp³-hybridized carbons (Fsp3) is 0.100. The van der Waals surface area contributed by atoms with Crippen LogP contribution in [-0.4, -0.2) is 15.0 Å². The molecule has 4 nitrogen and oxygen atoms in total. The molecule has 2 aromatic rings. The fourth-order valence-electron chi connectivity index (χ4n) is 1.20. The van der Waals surface area contributed by atoms with Crippen molar-refractivity contribution in [2.75, 3.05) is 0 Å². The SMILES string of the molecule is Cc1nn(-c2cccc(Cl)c2)nc1C#N. The van der Waals surface area contributed by atoms with Gasteiger partial charge in [0.1, 0.15) is 6.07 Å². The van der Waals surface area contributed by atoms with Gasteiger partial charge in [-0.15, -0.1) is 9.90 Å². The molecule has 0 atom stereocenters. The topological polar surface area (TPSA) is 54.5 Å². The number of nitriles is 1. The third kappa shape index (κ3) is 1.83. The molecule has 0 N–H and O–H groups in total. The van der Waals surface area contributed by atoms with E-state index in [2.05, 4.69) is 10.2 Å². The first-order chi connectivity index (χ1) is 7.20. The summed E-state index contributed by atoms with van der Waals surface area (Å²) in [4.78, 5) is 1.40. The molecule has 0 saturated carbocycles. The highest BCUT2D eigenvalue weighted by atomic mass is 35.5. The number of benzene rings is 1. The molecule has 0 radical (unpaired) electrons. The van der Waals surface area contributed by atoms with Crippen molar-refractivity contribution >= 4 is 11.6 Å². The Morgan fingerprint density at radius 1 is 1.40 bits per heavy atom. The number of halogens is 1. The van der Waals surface area contributed by atoms with Crippen LogP contribution in [0.3, 0.4) is 0 Å². The maximum atomic E-state index is 8.74. The second-order valence-corrected chi connectivity index (χ2v) is 3.45. The molecule has 0 aliphatic carbocycles. The third-order valence-electron chi connectivity index (χ3n) is 1.93. The fourth-order valence-corrected chi connectivity index (χ4v) is 1.38. The summed E-state index contributed by atoms with van der Waals surface area (Å²) in [6.07, 6.45) is 0. The Labute approximate surface area is 91.7 Å². The first kappa shape index (κ1) is 9.69. The van der Waals surface area contributed by atoms with Crippen LogP contribution in [-0.2, 0) is 0 Å². The van der Waals surface area contributed by atoms with Crippen molar-refractivity contribution in [3.63, 3.8) is 0 Å². The second kappa shape index (κ2) is 3.71. The lowest BCUT2D eigenvalue weighted by Gasteiger charge is -1.98. The summed E-state index contributed by atoms with van der Waals surface area (Å²) in [6, 6.07) is 9.12. The zero-order chi connectivity index (χ0) is 10.8. The van der Waals surface area contributed by atoms with Crippen molar-refractivity contribution in [3.05, 3.63) is 40.7 Å². The number of nitrogens with zero attached hydrogens (tertiary/aromatic N) is 4. The highest BCUT2D eigenvalue weighted by molar-refractivity contribution is 6.30. The Kier molecular flexibility index (Phi) is 2.40. The summed E-state index contributed by atoms with van der Waals surface area (Å²) in [5, 5.41) is 17.5. The van der Waals surface area contributed by atoms with Crippen LogP contribution in [0.2, 0.25) is 5.02 Å². The summed E-state index contributed by atoms with van der Waals surface area (Å²) in [5.74, 6) is 0. The van der Waals surface area contributed by atoms with E-state index in [0.717, 1.165) is 5.69 Å². The molecule has 1 aromatic carbocycles. The first-order valence-corrected chi connectivity index (χ1v) is 4.68. The number of aromatic nitrogens is 3. The Balaban J connectivity index is 2.51. The van der Waals surface area contributed by atoms with Crippen molar-refractivity contribution in [1.82, 2.24) is 15.0 Å². The van der Waals surface area contributed by atoms with Crippen molar-refractivity contribution in [3.8, 4) is 11.8 Å². The molecule has 0 aliphatic rings. The molecule has 5 heteroatoms. The van der Waals surface area contributed by atoms with Crippen LogP contribution in [0.25, 0.3) is 5.69 Å². The van der Waals surface area contributed by atoms with Crippen LogP contribution in [0.15, 0.2) is 24.3 Å². The molecule has 1 aromatic heterocycles. The Hall–Kier alpha value is -1.86. The summed E-state index contributed by atoms with van der Waals surface area (Å²) in [6.45, 7) is 1.74. The summed E-state index contributed by atoms with van der Waals surface area (Å²) in [5.41, 5.74) is 1.68.